The molecule has 1 amide bonds. The molecule has 0 fully saturated rings. The van der Waals surface area contributed by atoms with Crippen LogP contribution < -0.4 is 10.1 Å². The van der Waals surface area contributed by atoms with Gasteiger partial charge in [-0.15, -0.1) is 21.5 Å². The number of fused-ring (bicyclic) bond motifs is 1. The topological polar surface area (TPSA) is 104 Å². The van der Waals surface area contributed by atoms with Crippen LogP contribution in [-0.4, -0.2) is 34.4 Å². The van der Waals surface area contributed by atoms with Crippen molar-refractivity contribution in [3.8, 4) is 5.75 Å². The highest BCUT2D eigenvalue weighted by Crippen LogP contribution is 2.38. The Labute approximate surface area is 206 Å². The van der Waals surface area contributed by atoms with Crippen LogP contribution in [0.5, 0.6) is 5.75 Å². The van der Waals surface area contributed by atoms with E-state index in [1.165, 1.54) is 11.3 Å². The van der Waals surface area contributed by atoms with Crippen LogP contribution in [0.25, 0.3) is 0 Å². The van der Waals surface area contributed by atoms with E-state index in [0.717, 1.165) is 64.8 Å². The van der Waals surface area contributed by atoms with Crippen molar-refractivity contribution < 1.29 is 23.5 Å². The van der Waals surface area contributed by atoms with E-state index < -0.39 is 0 Å². The molecule has 1 aliphatic rings. The molecular weight excluding hydrogens is 474 g/mol. The molecule has 0 atom stereocenters. The molecule has 2 aromatic heterocycles. The molecule has 1 N–H and O–H groups in total. The Morgan fingerprint density at radius 2 is 1.94 bits per heavy atom. The van der Waals surface area contributed by atoms with Gasteiger partial charge in [0.2, 0.25) is 5.91 Å². The maximum absolute atomic E-state index is 12.6. The summed E-state index contributed by atoms with van der Waals surface area (Å²) < 4.78 is 16.7. The van der Waals surface area contributed by atoms with E-state index in [1.54, 1.807) is 6.92 Å². The molecule has 0 radical (unpaired) electrons. The van der Waals surface area contributed by atoms with E-state index >= 15 is 0 Å². The van der Waals surface area contributed by atoms with Gasteiger partial charge in [-0.3, -0.25) is 4.79 Å². The lowest BCUT2D eigenvalue weighted by Crippen LogP contribution is -2.17. The summed E-state index contributed by atoms with van der Waals surface area (Å²) in [6.45, 7) is 6.17. The van der Waals surface area contributed by atoms with Gasteiger partial charge in [-0.1, -0.05) is 30.0 Å². The number of nitrogens with zero attached hydrogens (tertiary/aromatic N) is 2. The zero-order valence-electron chi connectivity index (χ0n) is 19.4. The fraction of sp³-hybridized carbons (Fsp3) is 0.417. The Morgan fingerprint density at radius 1 is 1.18 bits per heavy atom. The number of nitrogens with one attached hydrogen (secondary N) is 1. The number of hydrogen-bond donors (Lipinski definition) is 1. The van der Waals surface area contributed by atoms with Gasteiger partial charge in [-0.05, 0) is 63.1 Å². The van der Waals surface area contributed by atoms with Gasteiger partial charge < -0.3 is 19.2 Å². The molecule has 0 saturated carbocycles. The predicted molar refractivity (Wildman–Crippen MR) is 131 cm³/mol. The molecular formula is C24H27N3O5S2. The lowest BCUT2D eigenvalue weighted by Gasteiger charge is -2.12. The summed E-state index contributed by atoms with van der Waals surface area (Å²) >= 11 is 2.60. The monoisotopic (exact) mass is 501 g/mol. The Bertz CT molecular complexity index is 1170. The van der Waals surface area contributed by atoms with Crippen molar-refractivity contribution in [3.05, 3.63) is 51.2 Å². The molecule has 0 aliphatic heterocycles. The van der Waals surface area contributed by atoms with Crippen LogP contribution in [0.1, 0.15) is 57.6 Å². The molecule has 10 heteroatoms. The zero-order valence-corrected chi connectivity index (χ0v) is 21.1. The molecule has 8 nitrogen and oxygen atoms in total. The van der Waals surface area contributed by atoms with E-state index in [2.05, 4.69) is 15.5 Å². The number of carbonyl (C=O) groups is 2. The summed E-state index contributed by atoms with van der Waals surface area (Å²) in [4.78, 5) is 26.3. The summed E-state index contributed by atoms with van der Waals surface area (Å²) in [6.07, 6.45) is 3.88. The van der Waals surface area contributed by atoms with Gasteiger partial charge in [-0.2, -0.15) is 0 Å². The van der Waals surface area contributed by atoms with Gasteiger partial charge in [0.15, 0.2) is 6.61 Å². The number of esters is 1. The van der Waals surface area contributed by atoms with E-state index in [1.807, 2.05) is 32.0 Å². The third-order valence-corrected chi connectivity index (χ3v) is 7.45. The summed E-state index contributed by atoms with van der Waals surface area (Å²) in [7, 11) is 0. The number of benzene rings is 1. The van der Waals surface area contributed by atoms with Crippen LogP contribution in [0, 0.1) is 13.8 Å². The van der Waals surface area contributed by atoms with Crippen LogP contribution in [-0.2, 0) is 29.0 Å². The Morgan fingerprint density at radius 3 is 2.71 bits per heavy atom. The molecule has 3 aromatic rings. The van der Waals surface area contributed by atoms with E-state index in [4.69, 9.17) is 13.9 Å². The van der Waals surface area contributed by atoms with Gasteiger partial charge >= 0.3 is 5.97 Å². The Kier molecular flexibility index (Phi) is 7.89. The summed E-state index contributed by atoms with van der Waals surface area (Å²) in [5, 5.41) is 11.7. The molecule has 1 aromatic carbocycles. The zero-order chi connectivity index (χ0) is 24.1. The highest BCUT2D eigenvalue weighted by Gasteiger charge is 2.27. The van der Waals surface area contributed by atoms with Crippen molar-refractivity contribution in [1.29, 1.82) is 0 Å². The fourth-order valence-electron chi connectivity index (χ4n) is 3.88. The number of aryl methyl sites for hydroxylation is 3. The van der Waals surface area contributed by atoms with E-state index in [0.29, 0.717) is 23.1 Å². The number of carbonyl (C=O) groups excluding carboxylic acids is 2. The second-order valence-electron chi connectivity index (χ2n) is 7.94. The van der Waals surface area contributed by atoms with Crippen molar-refractivity contribution in [1.82, 2.24) is 10.2 Å². The van der Waals surface area contributed by atoms with Crippen molar-refractivity contribution in [2.45, 2.75) is 58.3 Å². The smallest absolute Gasteiger partial charge is 0.341 e. The van der Waals surface area contributed by atoms with Crippen LogP contribution in [0.4, 0.5) is 5.00 Å². The van der Waals surface area contributed by atoms with Gasteiger partial charge in [0, 0.05) is 4.88 Å². The first-order valence-corrected chi connectivity index (χ1v) is 13.0. The average Bonchev–Trinajstić information content (AvgIpc) is 3.41. The van der Waals surface area contributed by atoms with E-state index in [-0.39, 0.29) is 29.5 Å². The van der Waals surface area contributed by atoms with Crippen molar-refractivity contribution in [2.24, 2.45) is 0 Å². The van der Waals surface area contributed by atoms with Gasteiger partial charge in [0.25, 0.3) is 11.1 Å². The molecule has 4 rings (SSSR count). The fourth-order valence-corrected chi connectivity index (χ4v) is 5.75. The lowest BCUT2D eigenvalue weighted by atomic mass is 9.95. The third-order valence-electron chi connectivity index (χ3n) is 5.43. The molecule has 2 heterocycles. The standard InChI is InChI=1S/C24H27N3O5S2/c1-4-30-23(29)20-16-10-5-6-11-17(16)34-22(20)25-18(28)13-33-24-27-26-19(32-24)12-31-21-14(2)8-7-9-15(21)3/h7-9H,4-6,10-13H2,1-3H3,(H,25,28). The minimum atomic E-state index is -0.379. The molecule has 1 aliphatic carbocycles. The quantitative estimate of drug-likeness (QED) is 0.319. The first-order valence-electron chi connectivity index (χ1n) is 11.2. The van der Waals surface area contributed by atoms with Gasteiger partial charge in [-0.25, -0.2) is 4.79 Å². The summed E-state index contributed by atoms with van der Waals surface area (Å²) in [5.41, 5.74) is 3.58. The second-order valence-corrected chi connectivity index (χ2v) is 9.98. The van der Waals surface area contributed by atoms with Gasteiger partial charge in [0.05, 0.1) is 17.9 Å². The van der Waals surface area contributed by atoms with Crippen LogP contribution in [0.2, 0.25) is 0 Å². The largest absolute Gasteiger partial charge is 0.483 e. The highest BCUT2D eigenvalue weighted by molar-refractivity contribution is 7.99. The number of aromatic nitrogens is 2. The maximum Gasteiger partial charge on any atom is 0.341 e. The number of hydrogen-bond acceptors (Lipinski definition) is 9. The summed E-state index contributed by atoms with van der Waals surface area (Å²) in [5.74, 6) is 0.576. The van der Waals surface area contributed by atoms with Crippen molar-refractivity contribution in [2.75, 3.05) is 17.7 Å². The Hall–Kier alpha value is -2.85. The maximum atomic E-state index is 12.6. The number of thiophene rings is 1. The first kappa shape index (κ1) is 24.3. The van der Waals surface area contributed by atoms with Gasteiger partial charge in [0.1, 0.15) is 10.8 Å². The average molecular weight is 502 g/mol. The number of ether oxygens (including phenoxy) is 2. The van der Waals surface area contributed by atoms with Crippen molar-refractivity contribution in [3.63, 3.8) is 0 Å². The van der Waals surface area contributed by atoms with Crippen LogP contribution >= 0.6 is 23.1 Å². The third kappa shape index (κ3) is 5.61. The highest BCUT2D eigenvalue weighted by atomic mass is 32.2. The molecule has 0 unspecified atom stereocenters. The molecule has 0 bridgehead atoms. The predicted octanol–water partition coefficient (Wildman–Crippen LogP) is 5.11. The number of thioether (sulfide) groups is 1. The number of rotatable bonds is 9. The molecule has 0 spiro atoms. The van der Waals surface area contributed by atoms with Crippen LogP contribution in [0.15, 0.2) is 27.8 Å². The van der Waals surface area contributed by atoms with E-state index in [9.17, 15) is 9.59 Å². The Balaban J connectivity index is 1.35. The number of anilines is 1. The number of para-hydroxylation sites is 1. The summed E-state index contributed by atoms with van der Waals surface area (Å²) in [6, 6.07) is 5.94. The first-order chi connectivity index (χ1) is 16.5. The normalized spacial score (nSPS) is 12.8. The minimum Gasteiger partial charge on any atom is -0.483 e. The second kappa shape index (κ2) is 11.1. The van der Waals surface area contributed by atoms with Crippen molar-refractivity contribution >= 4 is 40.0 Å². The molecule has 0 saturated heterocycles. The number of amides is 1. The molecule has 34 heavy (non-hydrogen) atoms. The van der Waals surface area contributed by atoms with Crippen LogP contribution in [0.3, 0.4) is 0 Å². The minimum absolute atomic E-state index is 0.0736. The SMILES string of the molecule is CCOC(=O)c1c(NC(=O)CSc2nnc(COc3c(C)cccc3C)o2)sc2c1CCCC2. The lowest BCUT2D eigenvalue weighted by molar-refractivity contribution is -0.113. The molecule has 180 valence electrons.